The van der Waals surface area contributed by atoms with Gasteiger partial charge in [0.25, 0.3) is 0 Å². The molecule has 0 heterocycles. The van der Waals surface area contributed by atoms with Gasteiger partial charge in [0.15, 0.2) is 0 Å². The summed E-state index contributed by atoms with van der Waals surface area (Å²) in [7, 11) is -1.45. The van der Waals surface area contributed by atoms with Crippen LogP contribution < -0.4 is 0 Å². The van der Waals surface area contributed by atoms with Crippen LogP contribution in [0.3, 0.4) is 0 Å². The molecular formula is C16H32O2Si. The van der Waals surface area contributed by atoms with Gasteiger partial charge >= 0.3 is 5.97 Å². The Morgan fingerprint density at radius 3 is 2.00 bits per heavy atom. The Labute approximate surface area is 120 Å². The van der Waals surface area contributed by atoms with Gasteiger partial charge in [-0.1, -0.05) is 72.2 Å². The molecule has 0 N–H and O–H groups in total. The molecule has 2 nitrogen and oxygen atoms in total. The number of rotatable bonds is 7. The van der Waals surface area contributed by atoms with Crippen LogP contribution in [0.15, 0.2) is 12.7 Å². The Kier molecular flexibility index (Phi) is 7.05. The highest BCUT2D eigenvalue weighted by atomic mass is 28.3. The van der Waals surface area contributed by atoms with Gasteiger partial charge in [-0.15, -0.1) is 0 Å². The quantitative estimate of drug-likeness (QED) is 0.279. The Hall–Kier alpha value is -0.573. The van der Waals surface area contributed by atoms with E-state index in [4.69, 9.17) is 4.74 Å². The highest BCUT2D eigenvalue weighted by molar-refractivity contribution is 6.84. The van der Waals surface area contributed by atoms with Crippen LogP contribution in [-0.4, -0.2) is 20.7 Å². The van der Waals surface area contributed by atoms with Crippen molar-refractivity contribution in [3.8, 4) is 0 Å². The van der Waals surface area contributed by atoms with Gasteiger partial charge in [-0.25, -0.2) is 4.79 Å². The molecule has 0 aromatic heterocycles. The first kappa shape index (κ1) is 18.4. The molecule has 0 aliphatic heterocycles. The lowest BCUT2D eigenvalue weighted by Gasteiger charge is -2.50. The third kappa shape index (κ3) is 4.48. The average Bonchev–Trinajstić information content (AvgIpc) is 2.25. The summed E-state index contributed by atoms with van der Waals surface area (Å²) in [6.45, 7) is 20.6. The standard InChI is InChI=1S/C16H32O2Si/c1-9-15(17)18-11-10-12-19(13(2)3,14(4)5)16(6,7)8/h9,13-14H,1,10-12H2,2-8H3. The van der Waals surface area contributed by atoms with Gasteiger partial charge in [0.2, 0.25) is 0 Å². The minimum atomic E-state index is -1.45. The number of carbonyl (C=O) groups excluding carboxylic acids is 1. The molecule has 112 valence electrons. The highest BCUT2D eigenvalue weighted by Gasteiger charge is 2.48. The average molecular weight is 285 g/mol. The van der Waals surface area contributed by atoms with Crippen molar-refractivity contribution in [2.75, 3.05) is 6.61 Å². The lowest BCUT2D eigenvalue weighted by molar-refractivity contribution is -0.137. The van der Waals surface area contributed by atoms with E-state index in [1.165, 1.54) is 12.1 Å². The van der Waals surface area contributed by atoms with Crippen LogP contribution in [0, 0.1) is 0 Å². The second-order valence-corrected chi connectivity index (χ2v) is 13.5. The molecule has 0 rings (SSSR count). The number of hydrogen-bond donors (Lipinski definition) is 0. The van der Waals surface area contributed by atoms with Crippen molar-refractivity contribution in [1.82, 2.24) is 0 Å². The third-order valence-corrected chi connectivity index (χ3v) is 12.7. The summed E-state index contributed by atoms with van der Waals surface area (Å²) < 4.78 is 5.12. The predicted molar refractivity (Wildman–Crippen MR) is 86.2 cm³/mol. The predicted octanol–water partition coefficient (Wildman–Crippen LogP) is 5.17. The molecule has 0 radical (unpaired) electrons. The fourth-order valence-electron chi connectivity index (χ4n) is 3.95. The molecule has 0 aliphatic carbocycles. The molecule has 0 saturated carbocycles. The maximum atomic E-state index is 11.1. The molecule has 0 aromatic carbocycles. The van der Waals surface area contributed by atoms with Crippen molar-refractivity contribution < 1.29 is 9.53 Å². The lowest BCUT2D eigenvalue weighted by Crippen LogP contribution is -2.49. The van der Waals surface area contributed by atoms with Crippen molar-refractivity contribution in [2.45, 2.75) is 77.1 Å². The fraction of sp³-hybridized carbons (Fsp3) is 0.812. The first-order valence-electron chi connectivity index (χ1n) is 7.38. The third-order valence-electron chi connectivity index (χ3n) is 4.60. The molecule has 0 amide bonds. The molecule has 19 heavy (non-hydrogen) atoms. The van der Waals surface area contributed by atoms with Gasteiger partial charge in [0.05, 0.1) is 14.7 Å². The van der Waals surface area contributed by atoms with E-state index in [-0.39, 0.29) is 5.97 Å². The summed E-state index contributed by atoms with van der Waals surface area (Å²) in [5, 5.41) is 0.373. The van der Waals surface area contributed by atoms with Crippen LogP contribution in [0.1, 0.15) is 54.9 Å². The minimum absolute atomic E-state index is 0.308. The monoisotopic (exact) mass is 284 g/mol. The van der Waals surface area contributed by atoms with Crippen molar-refractivity contribution in [1.29, 1.82) is 0 Å². The zero-order chi connectivity index (χ0) is 15.3. The summed E-state index contributed by atoms with van der Waals surface area (Å²) in [4.78, 5) is 11.1. The van der Waals surface area contributed by atoms with Gasteiger partial charge in [-0.05, 0) is 11.5 Å². The second kappa shape index (κ2) is 7.27. The molecule has 0 saturated heterocycles. The first-order chi connectivity index (χ1) is 8.59. The molecule has 0 atom stereocenters. The molecule has 3 heteroatoms. The number of hydrogen-bond acceptors (Lipinski definition) is 2. The summed E-state index contributed by atoms with van der Waals surface area (Å²) >= 11 is 0. The smallest absolute Gasteiger partial charge is 0.330 e. The summed E-state index contributed by atoms with van der Waals surface area (Å²) in [6.07, 6.45) is 2.21. The van der Waals surface area contributed by atoms with Gasteiger partial charge < -0.3 is 4.74 Å². The van der Waals surface area contributed by atoms with Crippen LogP contribution >= 0.6 is 0 Å². The van der Waals surface area contributed by atoms with Crippen LogP contribution in [0.4, 0.5) is 0 Å². The van der Waals surface area contributed by atoms with Crippen molar-refractivity contribution >= 4 is 14.0 Å². The maximum absolute atomic E-state index is 11.1. The topological polar surface area (TPSA) is 26.3 Å². The van der Waals surface area contributed by atoms with E-state index in [0.29, 0.717) is 11.6 Å². The van der Waals surface area contributed by atoms with E-state index in [1.807, 2.05) is 0 Å². The molecular weight excluding hydrogens is 252 g/mol. The Bertz CT molecular complexity index is 292. The SMILES string of the molecule is C=CC(=O)OCCC[Si](C(C)C)(C(C)C)C(C)(C)C. The summed E-state index contributed by atoms with van der Waals surface area (Å²) in [5.41, 5.74) is 1.48. The molecule has 0 bridgehead atoms. The van der Waals surface area contributed by atoms with Crippen LogP contribution in [0.2, 0.25) is 22.2 Å². The van der Waals surface area contributed by atoms with Crippen LogP contribution in [0.25, 0.3) is 0 Å². The molecule has 0 aliphatic rings. The summed E-state index contributed by atoms with van der Waals surface area (Å²) in [6, 6.07) is 1.22. The minimum Gasteiger partial charge on any atom is -0.463 e. The zero-order valence-electron chi connectivity index (χ0n) is 13.9. The Morgan fingerprint density at radius 2 is 1.68 bits per heavy atom. The Morgan fingerprint density at radius 1 is 1.21 bits per heavy atom. The van der Waals surface area contributed by atoms with Gasteiger partial charge in [-0.2, -0.15) is 0 Å². The molecule has 0 unspecified atom stereocenters. The number of carbonyl (C=O) groups is 1. The zero-order valence-corrected chi connectivity index (χ0v) is 14.9. The van der Waals surface area contributed by atoms with E-state index in [9.17, 15) is 4.79 Å². The van der Waals surface area contributed by atoms with E-state index in [1.54, 1.807) is 0 Å². The van der Waals surface area contributed by atoms with E-state index in [2.05, 4.69) is 55.0 Å². The van der Waals surface area contributed by atoms with Gasteiger partial charge in [0.1, 0.15) is 0 Å². The molecule has 0 spiro atoms. The van der Waals surface area contributed by atoms with Crippen LogP contribution in [-0.2, 0) is 9.53 Å². The second-order valence-electron chi connectivity index (χ2n) is 7.07. The lowest BCUT2D eigenvalue weighted by atomic mass is 10.2. The highest BCUT2D eigenvalue weighted by Crippen LogP contribution is 2.52. The number of ether oxygens (including phenoxy) is 1. The van der Waals surface area contributed by atoms with E-state index < -0.39 is 8.07 Å². The number of esters is 1. The van der Waals surface area contributed by atoms with Gasteiger partial charge in [-0.3, -0.25) is 0 Å². The van der Waals surface area contributed by atoms with Gasteiger partial charge in [0, 0.05) is 6.08 Å². The normalized spacial score (nSPS) is 12.9. The first-order valence-corrected chi connectivity index (χ1v) is 9.75. The largest absolute Gasteiger partial charge is 0.463 e. The van der Waals surface area contributed by atoms with Crippen molar-refractivity contribution in [3.63, 3.8) is 0 Å². The maximum Gasteiger partial charge on any atom is 0.330 e. The molecule has 0 aromatic rings. The Balaban J connectivity index is 4.79. The van der Waals surface area contributed by atoms with Crippen molar-refractivity contribution in [3.05, 3.63) is 12.7 Å². The van der Waals surface area contributed by atoms with Crippen molar-refractivity contribution in [2.24, 2.45) is 0 Å². The fourth-order valence-corrected chi connectivity index (χ4v) is 11.4. The van der Waals surface area contributed by atoms with E-state index in [0.717, 1.165) is 17.5 Å². The van der Waals surface area contributed by atoms with Crippen LogP contribution in [0.5, 0.6) is 0 Å². The van der Waals surface area contributed by atoms with E-state index >= 15 is 0 Å². The molecule has 0 fully saturated rings. The summed E-state index contributed by atoms with van der Waals surface area (Å²) in [5.74, 6) is -0.308.